The van der Waals surface area contributed by atoms with Crippen molar-refractivity contribution in [2.75, 3.05) is 31.5 Å². The van der Waals surface area contributed by atoms with Gasteiger partial charge in [0.15, 0.2) is 0 Å². The van der Waals surface area contributed by atoms with Crippen LogP contribution < -0.4 is 16.0 Å². The van der Waals surface area contributed by atoms with Crippen LogP contribution in [0, 0.1) is 0 Å². The lowest BCUT2D eigenvalue weighted by molar-refractivity contribution is -0.160. The van der Waals surface area contributed by atoms with Gasteiger partial charge in [-0.25, -0.2) is 9.59 Å². The Balaban J connectivity index is 1.24. The van der Waals surface area contributed by atoms with Gasteiger partial charge in [0, 0.05) is 31.9 Å². The van der Waals surface area contributed by atoms with Crippen LogP contribution in [0.25, 0.3) is 0 Å². The van der Waals surface area contributed by atoms with Gasteiger partial charge in [-0.1, -0.05) is 60.5 Å². The van der Waals surface area contributed by atoms with Crippen molar-refractivity contribution < 1.29 is 23.9 Å². The number of carbonyl (C=O) groups excluding carboxylic acids is 4. The number of anilines is 1. The fourth-order valence-electron chi connectivity index (χ4n) is 5.41. The largest absolute Gasteiger partial charge is 0.445 e. The summed E-state index contributed by atoms with van der Waals surface area (Å²) >= 11 is 12.0. The van der Waals surface area contributed by atoms with Crippen LogP contribution in [0.15, 0.2) is 48.5 Å². The van der Waals surface area contributed by atoms with Crippen LogP contribution in [0.5, 0.6) is 0 Å². The van der Waals surface area contributed by atoms with Gasteiger partial charge in [0.25, 0.3) is 0 Å². The number of halogens is 2. The number of hydrogen-bond donors (Lipinski definition) is 3. The van der Waals surface area contributed by atoms with Crippen molar-refractivity contribution in [2.24, 2.45) is 0 Å². The summed E-state index contributed by atoms with van der Waals surface area (Å²) in [7, 11) is 0. The fourth-order valence-corrected chi connectivity index (χ4v) is 5.71. The first-order chi connectivity index (χ1) is 20.2. The maximum absolute atomic E-state index is 13.5. The minimum absolute atomic E-state index is 0.0969. The third-order valence-corrected chi connectivity index (χ3v) is 8.45. The number of alkyl carbamates (subject to hydrolysis) is 1. The molecule has 2 aromatic rings. The van der Waals surface area contributed by atoms with Gasteiger partial charge in [0.2, 0.25) is 11.8 Å². The van der Waals surface area contributed by atoms with E-state index in [0.717, 1.165) is 5.56 Å². The second-order valence-electron chi connectivity index (χ2n) is 10.6. The maximum atomic E-state index is 13.5. The van der Waals surface area contributed by atoms with Crippen molar-refractivity contribution in [3.63, 3.8) is 0 Å². The number of benzene rings is 2. The Morgan fingerprint density at radius 3 is 2.48 bits per heavy atom. The molecule has 2 aromatic carbocycles. The molecule has 2 aliphatic heterocycles. The molecule has 226 valence electrons. The number of piperazine rings is 1. The van der Waals surface area contributed by atoms with Crippen molar-refractivity contribution in [3.05, 3.63) is 64.1 Å². The molecular weight excluding hydrogens is 581 g/mol. The number of carbonyl (C=O) groups is 4. The van der Waals surface area contributed by atoms with E-state index >= 15 is 0 Å². The molecule has 0 bridgehead atoms. The van der Waals surface area contributed by atoms with Gasteiger partial charge in [-0.3, -0.25) is 9.59 Å². The maximum Gasteiger partial charge on any atom is 0.407 e. The molecule has 0 aliphatic carbocycles. The van der Waals surface area contributed by atoms with E-state index < -0.39 is 17.7 Å². The highest BCUT2D eigenvalue weighted by molar-refractivity contribution is 6.42. The smallest absolute Gasteiger partial charge is 0.407 e. The van der Waals surface area contributed by atoms with Crippen molar-refractivity contribution in [2.45, 2.75) is 63.6 Å². The SMILES string of the molecule is CCCN1C(=O)[C@H](CCCCNC(=O)OCc2ccccc2)NC(=O)C12CCN(C(=O)Nc1ccc(Cl)c(Cl)c1)CC2. The number of nitrogens with one attached hydrogen (secondary N) is 3. The van der Waals surface area contributed by atoms with Crippen LogP contribution in [0.4, 0.5) is 15.3 Å². The standard InChI is InChI=1S/C30H37Cl2N5O5/c1-2-16-37-26(38)25(10-6-7-15-33-29(41)42-20-21-8-4-3-5-9-21)35-27(39)30(37)13-17-36(18-14-30)28(40)34-22-11-12-23(31)24(32)19-22/h3-5,8-9,11-12,19,25H,2,6-7,10,13-18,20H2,1H3,(H,33,41)(H,34,40)(H,35,39)/t25-/m0/s1. The van der Waals surface area contributed by atoms with Gasteiger partial charge in [0.05, 0.1) is 10.0 Å². The van der Waals surface area contributed by atoms with Crippen LogP contribution in [-0.4, -0.2) is 71.5 Å². The molecule has 2 fully saturated rings. The number of hydrogen-bond acceptors (Lipinski definition) is 5. The Kier molecular flexibility index (Phi) is 10.9. The highest BCUT2D eigenvalue weighted by Crippen LogP contribution is 2.34. The van der Waals surface area contributed by atoms with Crippen LogP contribution in [-0.2, 0) is 20.9 Å². The van der Waals surface area contributed by atoms with Crippen LogP contribution >= 0.6 is 23.2 Å². The Morgan fingerprint density at radius 1 is 1.05 bits per heavy atom. The lowest BCUT2D eigenvalue weighted by Gasteiger charge is -2.51. The first kappa shape index (κ1) is 31.4. The number of urea groups is 1. The van der Waals surface area contributed by atoms with E-state index in [2.05, 4.69) is 16.0 Å². The summed E-state index contributed by atoms with van der Waals surface area (Å²) in [6, 6.07) is 13.4. The molecule has 2 heterocycles. The minimum atomic E-state index is -0.978. The number of rotatable bonds is 10. The molecule has 0 aromatic heterocycles. The summed E-state index contributed by atoms with van der Waals surface area (Å²) in [5.74, 6) is -0.270. The number of likely N-dealkylation sites (tertiary alicyclic amines) is 1. The van der Waals surface area contributed by atoms with Gasteiger partial charge in [-0.15, -0.1) is 0 Å². The summed E-state index contributed by atoms with van der Waals surface area (Å²) in [5.41, 5.74) is 0.453. The molecule has 10 nitrogen and oxygen atoms in total. The molecule has 2 saturated heterocycles. The number of unbranched alkanes of at least 4 members (excludes halogenated alkanes) is 1. The zero-order valence-electron chi connectivity index (χ0n) is 23.7. The predicted octanol–water partition coefficient (Wildman–Crippen LogP) is 5.19. The monoisotopic (exact) mass is 617 g/mol. The second kappa shape index (κ2) is 14.6. The Morgan fingerprint density at radius 2 is 1.79 bits per heavy atom. The first-order valence-corrected chi connectivity index (χ1v) is 15.1. The number of amides is 5. The minimum Gasteiger partial charge on any atom is -0.445 e. The van der Waals surface area contributed by atoms with E-state index in [1.165, 1.54) is 0 Å². The summed E-state index contributed by atoms with van der Waals surface area (Å²) in [6.07, 6.45) is 2.67. The predicted molar refractivity (Wildman–Crippen MR) is 161 cm³/mol. The normalized spacial score (nSPS) is 18.0. The highest BCUT2D eigenvalue weighted by Gasteiger charge is 2.53. The summed E-state index contributed by atoms with van der Waals surface area (Å²) in [6.45, 7) is 3.70. The molecule has 4 rings (SSSR count). The Hall–Kier alpha value is -3.50. The second-order valence-corrected chi connectivity index (χ2v) is 11.4. The van der Waals surface area contributed by atoms with E-state index in [0.29, 0.717) is 80.4 Å². The molecule has 1 spiro atoms. The number of ether oxygens (including phenoxy) is 1. The third kappa shape index (κ3) is 7.66. The van der Waals surface area contributed by atoms with E-state index in [-0.39, 0.29) is 24.5 Å². The van der Waals surface area contributed by atoms with Gasteiger partial charge in [0.1, 0.15) is 18.2 Å². The zero-order chi connectivity index (χ0) is 30.1. The average Bonchev–Trinajstić information content (AvgIpc) is 2.99. The zero-order valence-corrected chi connectivity index (χ0v) is 25.2. The Labute approximate surface area is 256 Å². The van der Waals surface area contributed by atoms with Gasteiger partial charge < -0.3 is 30.5 Å². The molecule has 12 heteroatoms. The van der Waals surface area contributed by atoms with Gasteiger partial charge in [-0.2, -0.15) is 0 Å². The fraction of sp³-hybridized carbons (Fsp3) is 0.467. The van der Waals surface area contributed by atoms with E-state index in [9.17, 15) is 19.2 Å². The lowest BCUT2D eigenvalue weighted by Crippen LogP contribution is -2.73. The average molecular weight is 619 g/mol. The van der Waals surface area contributed by atoms with E-state index in [1.807, 2.05) is 37.3 Å². The number of nitrogens with zero attached hydrogens (tertiary/aromatic N) is 2. The topological polar surface area (TPSA) is 120 Å². The molecule has 0 radical (unpaired) electrons. The molecule has 0 unspecified atom stereocenters. The molecule has 0 saturated carbocycles. The van der Waals surface area contributed by atoms with Crippen molar-refractivity contribution in [1.82, 2.24) is 20.4 Å². The third-order valence-electron chi connectivity index (χ3n) is 7.71. The molecule has 1 atom stereocenters. The highest BCUT2D eigenvalue weighted by atomic mass is 35.5. The number of piperidine rings is 1. The first-order valence-electron chi connectivity index (χ1n) is 14.3. The van der Waals surface area contributed by atoms with E-state index in [4.69, 9.17) is 27.9 Å². The van der Waals surface area contributed by atoms with Crippen LogP contribution in [0.1, 0.15) is 51.0 Å². The quantitative estimate of drug-likeness (QED) is 0.317. The molecule has 3 N–H and O–H groups in total. The summed E-state index contributed by atoms with van der Waals surface area (Å²) < 4.78 is 5.21. The summed E-state index contributed by atoms with van der Waals surface area (Å²) in [4.78, 5) is 55.2. The van der Waals surface area contributed by atoms with Gasteiger partial charge in [-0.05, 0) is 62.3 Å². The Bertz CT molecular complexity index is 1270. The van der Waals surface area contributed by atoms with E-state index in [1.54, 1.807) is 28.0 Å². The summed E-state index contributed by atoms with van der Waals surface area (Å²) in [5, 5.41) is 9.24. The molecule has 5 amide bonds. The van der Waals surface area contributed by atoms with Crippen LogP contribution in [0.3, 0.4) is 0 Å². The molecular formula is C30H37Cl2N5O5. The van der Waals surface area contributed by atoms with Crippen LogP contribution in [0.2, 0.25) is 10.0 Å². The van der Waals surface area contributed by atoms with Gasteiger partial charge >= 0.3 is 12.1 Å². The lowest BCUT2D eigenvalue weighted by atomic mass is 9.81. The van der Waals surface area contributed by atoms with Crippen molar-refractivity contribution in [1.29, 1.82) is 0 Å². The molecule has 2 aliphatic rings. The molecule has 42 heavy (non-hydrogen) atoms. The van der Waals surface area contributed by atoms with Crippen molar-refractivity contribution in [3.8, 4) is 0 Å². The van der Waals surface area contributed by atoms with Crippen molar-refractivity contribution >= 4 is 52.8 Å².